The first-order chi connectivity index (χ1) is 9.88. The number of amides is 1. The zero-order valence-electron chi connectivity index (χ0n) is 10.7. The molecule has 0 aliphatic rings. The quantitative estimate of drug-likeness (QED) is 0.470. The number of aromatic hydroxyl groups is 5. The lowest BCUT2D eigenvalue weighted by atomic mass is 10.1. The normalized spacial score (nSPS) is 10.3. The molecule has 21 heavy (non-hydrogen) atoms. The van der Waals surface area contributed by atoms with E-state index in [9.17, 15) is 25.2 Å². The third kappa shape index (κ3) is 3.08. The van der Waals surface area contributed by atoms with Crippen molar-refractivity contribution >= 4 is 5.91 Å². The van der Waals surface area contributed by atoms with Gasteiger partial charge in [-0.25, -0.2) is 0 Å². The summed E-state index contributed by atoms with van der Waals surface area (Å²) in [5.41, 5.74) is 0.328. The van der Waals surface area contributed by atoms with Gasteiger partial charge >= 0.3 is 0 Å². The fourth-order valence-corrected chi connectivity index (χ4v) is 1.71. The molecule has 1 amide bonds. The van der Waals surface area contributed by atoms with Crippen LogP contribution in [0.5, 0.6) is 28.7 Å². The van der Waals surface area contributed by atoms with Crippen LogP contribution >= 0.6 is 0 Å². The van der Waals surface area contributed by atoms with E-state index in [2.05, 4.69) is 5.32 Å². The van der Waals surface area contributed by atoms with Crippen molar-refractivity contribution in [1.82, 2.24) is 5.32 Å². The van der Waals surface area contributed by atoms with Crippen molar-refractivity contribution in [2.45, 2.75) is 6.54 Å². The highest BCUT2D eigenvalue weighted by Crippen LogP contribution is 2.35. The summed E-state index contributed by atoms with van der Waals surface area (Å²) in [7, 11) is 0. The van der Waals surface area contributed by atoms with Gasteiger partial charge in [0.05, 0.1) is 0 Å². The van der Waals surface area contributed by atoms with Gasteiger partial charge < -0.3 is 30.8 Å². The monoisotopic (exact) mass is 291 g/mol. The van der Waals surface area contributed by atoms with Crippen LogP contribution in [0.2, 0.25) is 0 Å². The van der Waals surface area contributed by atoms with Crippen LogP contribution < -0.4 is 5.32 Å². The van der Waals surface area contributed by atoms with E-state index in [1.54, 1.807) is 0 Å². The lowest BCUT2D eigenvalue weighted by Gasteiger charge is -2.09. The van der Waals surface area contributed by atoms with Gasteiger partial charge in [0.2, 0.25) is 0 Å². The van der Waals surface area contributed by atoms with Gasteiger partial charge in [-0.3, -0.25) is 4.79 Å². The number of carbonyl (C=O) groups is 1. The summed E-state index contributed by atoms with van der Waals surface area (Å²) in [6, 6.07) is 5.94. The molecule has 0 saturated carbocycles. The summed E-state index contributed by atoms with van der Waals surface area (Å²) in [4.78, 5) is 11.9. The van der Waals surface area contributed by atoms with Crippen LogP contribution in [0.3, 0.4) is 0 Å². The first-order valence-electron chi connectivity index (χ1n) is 5.92. The van der Waals surface area contributed by atoms with Crippen LogP contribution in [0.1, 0.15) is 15.9 Å². The predicted octanol–water partition coefficient (Wildman–Crippen LogP) is 1.14. The van der Waals surface area contributed by atoms with Gasteiger partial charge in [-0.1, -0.05) is 0 Å². The fourth-order valence-electron chi connectivity index (χ4n) is 1.71. The zero-order chi connectivity index (χ0) is 15.6. The Kier molecular flexibility index (Phi) is 3.75. The van der Waals surface area contributed by atoms with E-state index in [0.29, 0.717) is 5.56 Å². The van der Waals surface area contributed by atoms with E-state index in [-0.39, 0.29) is 23.6 Å². The van der Waals surface area contributed by atoms with Gasteiger partial charge in [0.1, 0.15) is 11.5 Å². The van der Waals surface area contributed by atoms with Crippen LogP contribution in [0.4, 0.5) is 0 Å². The van der Waals surface area contributed by atoms with E-state index in [0.717, 1.165) is 18.2 Å². The van der Waals surface area contributed by atoms with Crippen LogP contribution in [-0.2, 0) is 6.54 Å². The summed E-state index contributed by atoms with van der Waals surface area (Å²) >= 11 is 0. The van der Waals surface area contributed by atoms with Crippen LogP contribution in [0.15, 0.2) is 30.3 Å². The van der Waals surface area contributed by atoms with Crippen LogP contribution in [-0.4, -0.2) is 31.4 Å². The van der Waals surface area contributed by atoms with Crippen molar-refractivity contribution in [2.24, 2.45) is 0 Å². The molecule has 7 nitrogen and oxygen atoms in total. The van der Waals surface area contributed by atoms with Gasteiger partial charge in [-0.2, -0.15) is 0 Å². The van der Waals surface area contributed by atoms with E-state index < -0.39 is 23.2 Å². The molecule has 0 aliphatic carbocycles. The summed E-state index contributed by atoms with van der Waals surface area (Å²) in [6.07, 6.45) is 0. The maximum absolute atomic E-state index is 11.9. The Balaban J connectivity index is 2.12. The minimum Gasteiger partial charge on any atom is -0.508 e. The first kappa shape index (κ1) is 14.3. The second-order valence-corrected chi connectivity index (χ2v) is 4.36. The number of phenolic OH excluding ortho intramolecular Hbond substituents is 5. The summed E-state index contributed by atoms with van der Waals surface area (Å²) < 4.78 is 0. The Bertz CT molecular complexity index is 675. The van der Waals surface area contributed by atoms with Gasteiger partial charge in [0.15, 0.2) is 17.2 Å². The Morgan fingerprint density at radius 2 is 1.52 bits per heavy atom. The third-order valence-electron chi connectivity index (χ3n) is 2.84. The van der Waals surface area contributed by atoms with Crippen molar-refractivity contribution in [1.29, 1.82) is 0 Å². The highest BCUT2D eigenvalue weighted by atomic mass is 16.3. The summed E-state index contributed by atoms with van der Waals surface area (Å²) in [6.45, 7) is -0.0205. The van der Waals surface area contributed by atoms with Crippen molar-refractivity contribution in [2.75, 3.05) is 0 Å². The van der Waals surface area contributed by atoms with Crippen molar-refractivity contribution in [3.8, 4) is 28.7 Å². The van der Waals surface area contributed by atoms with Crippen molar-refractivity contribution in [3.63, 3.8) is 0 Å². The third-order valence-corrected chi connectivity index (χ3v) is 2.84. The van der Waals surface area contributed by atoms with Crippen LogP contribution in [0.25, 0.3) is 0 Å². The maximum Gasteiger partial charge on any atom is 0.251 e. The molecule has 0 fully saturated rings. The van der Waals surface area contributed by atoms with Gasteiger partial charge in [-0.15, -0.1) is 0 Å². The van der Waals surface area contributed by atoms with Crippen molar-refractivity contribution < 1.29 is 30.3 Å². The standard InChI is InChI=1S/C14H13NO6/c16-9-2-1-7(10(17)5-9)6-15-14(21)8-3-11(18)13(20)12(19)4-8/h1-5,16-20H,6H2,(H,15,21). The molecule has 2 rings (SSSR count). The number of nitrogens with one attached hydrogen (secondary N) is 1. The molecule has 0 aromatic heterocycles. The predicted molar refractivity (Wildman–Crippen MR) is 72.4 cm³/mol. The number of rotatable bonds is 3. The van der Waals surface area contributed by atoms with Gasteiger partial charge in [0, 0.05) is 23.7 Å². The van der Waals surface area contributed by atoms with E-state index in [1.807, 2.05) is 0 Å². The smallest absolute Gasteiger partial charge is 0.251 e. The lowest BCUT2D eigenvalue weighted by Crippen LogP contribution is -2.22. The molecule has 0 atom stereocenters. The van der Waals surface area contributed by atoms with Gasteiger partial charge in [0.25, 0.3) is 5.91 Å². The molecule has 0 bridgehead atoms. The molecule has 2 aromatic carbocycles. The van der Waals surface area contributed by atoms with E-state index in [1.165, 1.54) is 12.1 Å². The molecular weight excluding hydrogens is 278 g/mol. The molecule has 2 aromatic rings. The molecular formula is C14H13NO6. The minimum absolute atomic E-state index is 0.0205. The van der Waals surface area contributed by atoms with E-state index in [4.69, 9.17) is 5.11 Å². The fraction of sp³-hybridized carbons (Fsp3) is 0.0714. The second-order valence-electron chi connectivity index (χ2n) is 4.36. The van der Waals surface area contributed by atoms with Gasteiger partial charge in [-0.05, 0) is 24.3 Å². The molecule has 0 unspecified atom stereocenters. The summed E-state index contributed by atoms with van der Waals surface area (Å²) in [5, 5.41) is 49.1. The van der Waals surface area contributed by atoms with E-state index >= 15 is 0 Å². The molecule has 0 spiro atoms. The molecule has 0 radical (unpaired) electrons. The highest BCUT2D eigenvalue weighted by molar-refractivity contribution is 5.95. The molecule has 0 aliphatic heterocycles. The minimum atomic E-state index is -0.706. The number of hydrogen-bond donors (Lipinski definition) is 6. The Labute approximate surface area is 119 Å². The number of carbonyl (C=O) groups excluding carboxylic acids is 1. The molecule has 0 heterocycles. The number of benzene rings is 2. The lowest BCUT2D eigenvalue weighted by molar-refractivity contribution is 0.0950. The Morgan fingerprint density at radius 3 is 2.10 bits per heavy atom. The second kappa shape index (κ2) is 5.49. The molecule has 7 heteroatoms. The topological polar surface area (TPSA) is 130 Å². The highest BCUT2D eigenvalue weighted by Gasteiger charge is 2.13. The first-order valence-corrected chi connectivity index (χ1v) is 5.92. The Morgan fingerprint density at radius 1 is 0.905 bits per heavy atom. The zero-order valence-corrected chi connectivity index (χ0v) is 10.7. The molecule has 0 saturated heterocycles. The SMILES string of the molecule is O=C(NCc1ccc(O)cc1O)c1cc(O)c(O)c(O)c1. The Hall–Kier alpha value is -3.09. The molecule has 110 valence electrons. The maximum atomic E-state index is 11.9. The van der Waals surface area contributed by atoms with Crippen molar-refractivity contribution in [3.05, 3.63) is 41.5 Å². The average molecular weight is 291 g/mol. The largest absolute Gasteiger partial charge is 0.508 e. The number of phenols is 5. The summed E-state index contributed by atoms with van der Waals surface area (Å²) in [5.74, 6) is -2.83. The average Bonchev–Trinajstić information content (AvgIpc) is 2.43. The molecule has 6 N–H and O–H groups in total. The van der Waals surface area contributed by atoms with Crippen LogP contribution in [0, 0.1) is 0 Å². The number of hydrogen-bond acceptors (Lipinski definition) is 6.